The summed E-state index contributed by atoms with van der Waals surface area (Å²) in [6.45, 7) is 6.94. The number of carbonyl (C=O) groups excluding carboxylic acids is 1. The highest BCUT2D eigenvalue weighted by molar-refractivity contribution is 5.94. The number of anilines is 2. The molecule has 0 fully saturated rings. The van der Waals surface area contributed by atoms with Crippen molar-refractivity contribution in [3.05, 3.63) is 59.7 Å². The summed E-state index contributed by atoms with van der Waals surface area (Å²) in [6.07, 6.45) is 1.91. The topological polar surface area (TPSA) is 58.4 Å². The van der Waals surface area contributed by atoms with Crippen molar-refractivity contribution >= 4 is 42.1 Å². The predicted molar refractivity (Wildman–Crippen MR) is 116 cm³/mol. The van der Waals surface area contributed by atoms with Gasteiger partial charge in [-0.2, -0.15) is 0 Å². The fraction of sp³-hybridized carbons (Fsp3) is 0.350. The van der Waals surface area contributed by atoms with E-state index in [1.54, 1.807) is 0 Å². The van der Waals surface area contributed by atoms with Crippen molar-refractivity contribution in [2.75, 3.05) is 30.3 Å². The van der Waals surface area contributed by atoms with Crippen LogP contribution in [-0.2, 0) is 6.42 Å². The predicted octanol–water partition coefficient (Wildman–Crippen LogP) is 4.32. The third-order valence-electron chi connectivity index (χ3n) is 4.05. The number of nitrogens with two attached hydrogens (primary N) is 1. The highest BCUT2D eigenvalue weighted by Gasteiger charge is 2.07. The van der Waals surface area contributed by atoms with Gasteiger partial charge in [-0.3, -0.25) is 4.79 Å². The lowest BCUT2D eigenvalue weighted by atomic mass is 10.1. The van der Waals surface area contributed by atoms with Gasteiger partial charge in [0.1, 0.15) is 0 Å². The van der Waals surface area contributed by atoms with Crippen LogP contribution < -0.4 is 16.0 Å². The Bertz CT molecular complexity index is 645. The molecule has 26 heavy (non-hydrogen) atoms. The Labute approximate surface area is 169 Å². The number of hydrogen-bond donors (Lipinski definition) is 2. The lowest BCUT2D eigenvalue weighted by Gasteiger charge is -2.22. The van der Waals surface area contributed by atoms with Crippen LogP contribution in [0.25, 0.3) is 0 Å². The molecular weight excluding hydrogens is 369 g/mol. The molecule has 0 aromatic heterocycles. The minimum Gasteiger partial charge on any atom is -0.399 e. The first-order valence-corrected chi connectivity index (χ1v) is 8.61. The Kier molecular flexibility index (Phi) is 11.5. The number of amides is 1. The van der Waals surface area contributed by atoms with Crippen LogP contribution in [-0.4, -0.2) is 25.5 Å². The number of carbonyl (C=O) groups is 1. The number of nitrogen functional groups attached to an aromatic ring is 1. The van der Waals surface area contributed by atoms with Gasteiger partial charge in [0.15, 0.2) is 0 Å². The van der Waals surface area contributed by atoms with E-state index in [4.69, 9.17) is 5.73 Å². The van der Waals surface area contributed by atoms with Gasteiger partial charge in [-0.05, 0) is 61.7 Å². The van der Waals surface area contributed by atoms with Crippen LogP contribution in [0.2, 0.25) is 0 Å². The van der Waals surface area contributed by atoms with E-state index in [2.05, 4.69) is 24.1 Å². The molecule has 2 aromatic rings. The summed E-state index contributed by atoms with van der Waals surface area (Å²) in [7, 11) is 0. The third kappa shape index (κ3) is 7.14. The van der Waals surface area contributed by atoms with E-state index in [0.29, 0.717) is 12.1 Å². The van der Waals surface area contributed by atoms with Crippen LogP contribution in [0.3, 0.4) is 0 Å². The standard InChI is InChI=1S/C20H27N3O.2ClH/c1-3-15-23(4-2)19-11-7-17(8-12-19)20(24)22-14-13-16-5-9-18(21)10-6-16;;/h5-12H,3-4,13-15,21H2,1-2H3,(H,22,24);2*1H. The molecule has 0 unspecified atom stereocenters. The smallest absolute Gasteiger partial charge is 0.251 e. The lowest BCUT2D eigenvalue weighted by Crippen LogP contribution is -2.26. The first kappa shape index (κ1) is 24.1. The van der Waals surface area contributed by atoms with E-state index in [0.717, 1.165) is 42.9 Å². The zero-order valence-electron chi connectivity index (χ0n) is 15.4. The minimum atomic E-state index is -0.0319. The van der Waals surface area contributed by atoms with Crippen molar-refractivity contribution in [1.82, 2.24) is 5.32 Å². The number of rotatable bonds is 8. The summed E-state index contributed by atoms with van der Waals surface area (Å²) in [5, 5.41) is 2.97. The Morgan fingerprint density at radius 1 is 1.00 bits per heavy atom. The molecule has 2 aromatic carbocycles. The van der Waals surface area contributed by atoms with Gasteiger partial charge in [-0.25, -0.2) is 0 Å². The molecule has 0 aliphatic carbocycles. The molecule has 0 bridgehead atoms. The van der Waals surface area contributed by atoms with Gasteiger partial charge in [-0.1, -0.05) is 19.1 Å². The summed E-state index contributed by atoms with van der Waals surface area (Å²) < 4.78 is 0. The van der Waals surface area contributed by atoms with Crippen molar-refractivity contribution in [1.29, 1.82) is 0 Å². The molecule has 6 heteroatoms. The summed E-state index contributed by atoms with van der Waals surface area (Å²) in [6, 6.07) is 15.6. The molecule has 0 aliphatic rings. The van der Waals surface area contributed by atoms with Crippen LogP contribution in [0.15, 0.2) is 48.5 Å². The van der Waals surface area contributed by atoms with E-state index >= 15 is 0 Å². The molecule has 1 amide bonds. The van der Waals surface area contributed by atoms with Crippen molar-refractivity contribution < 1.29 is 4.79 Å². The van der Waals surface area contributed by atoms with E-state index in [-0.39, 0.29) is 30.7 Å². The molecule has 0 heterocycles. The van der Waals surface area contributed by atoms with E-state index in [1.165, 1.54) is 0 Å². The number of nitrogens with one attached hydrogen (secondary N) is 1. The van der Waals surface area contributed by atoms with E-state index < -0.39 is 0 Å². The maximum absolute atomic E-state index is 12.2. The molecule has 3 N–H and O–H groups in total. The molecule has 0 spiro atoms. The SMILES string of the molecule is CCCN(CC)c1ccc(C(=O)NCCc2ccc(N)cc2)cc1.Cl.Cl. The molecular formula is C20H29Cl2N3O. The molecule has 0 aliphatic heterocycles. The molecule has 144 valence electrons. The number of nitrogens with zero attached hydrogens (tertiary/aromatic N) is 1. The summed E-state index contributed by atoms with van der Waals surface area (Å²) in [5.74, 6) is -0.0319. The van der Waals surface area contributed by atoms with Gasteiger partial charge in [0.2, 0.25) is 0 Å². The van der Waals surface area contributed by atoms with Crippen molar-refractivity contribution in [2.24, 2.45) is 0 Å². The van der Waals surface area contributed by atoms with Gasteiger partial charge in [0.05, 0.1) is 0 Å². The average Bonchev–Trinajstić information content (AvgIpc) is 2.61. The van der Waals surface area contributed by atoms with E-state index in [1.807, 2.05) is 48.5 Å². The van der Waals surface area contributed by atoms with Crippen LogP contribution in [0, 0.1) is 0 Å². The van der Waals surface area contributed by atoms with Crippen LogP contribution in [0.5, 0.6) is 0 Å². The molecule has 0 atom stereocenters. The average molecular weight is 398 g/mol. The zero-order valence-corrected chi connectivity index (χ0v) is 17.0. The van der Waals surface area contributed by atoms with Gasteiger partial charge in [0, 0.05) is 36.6 Å². The molecule has 0 saturated carbocycles. The van der Waals surface area contributed by atoms with Crippen LogP contribution in [0.4, 0.5) is 11.4 Å². The summed E-state index contributed by atoms with van der Waals surface area (Å²) in [4.78, 5) is 14.5. The second-order valence-corrected chi connectivity index (χ2v) is 5.87. The fourth-order valence-corrected chi connectivity index (χ4v) is 2.67. The lowest BCUT2D eigenvalue weighted by molar-refractivity contribution is 0.0954. The van der Waals surface area contributed by atoms with E-state index in [9.17, 15) is 4.79 Å². The fourth-order valence-electron chi connectivity index (χ4n) is 2.67. The Morgan fingerprint density at radius 2 is 1.62 bits per heavy atom. The monoisotopic (exact) mass is 397 g/mol. The highest BCUT2D eigenvalue weighted by Crippen LogP contribution is 2.15. The number of benzene rings is 2. The molecule has 4 nitrogen and oxygen atoms in total. The Balaban J connectivity index is 0.00000312. The third-order valence-corrected chi connectivity index (χ3v) is 4.05. The van der Waals surface area contributed by atoms with Crippen molar-refractivity contribution in [3.63, 3.8) is 0 Å². The summed E-state index contributed by atoms with van der Waals surface area (Å²) in [5.41, 5.74) is 9.45. The second-order valence-electron chi connectivity index (χ2n) is 5.87. The molecule has 2 rings (SSSR count). The maximum Gasteiger partial charge on any atom is 0.251 e. The molecule has 0 saturated heterocycles. The Morgan fingerprint density at radius 3 is 2.15 bits per heavy atom. The highest BCUT2D eigenvalue weighted by atomic mass is 35.5. The van der Waals surface area contributed by atoms with Crippen LogP contribution in [0.1, 0.15) is 36.2 Å². The maximum atomic E-state index is 12.2. The first-order valence-electron chi connectivity index (χ1n) is 8.61. The minimum absolute atomic E-state index is 0. The van der Waals surface area contributed by atoms with Crippen molar-refractivity contribution in [3.8, 4) is 0 Å². The van der Waals surface area contributed by atoms with Gasteiger partial charge >= 0.3 is 0 Å². The largest absolute Gasteiger partial charge is 0.399 e. The zero-order chi connectivity index (χ0) is 17.4. The quantitative estimate of drug-likeness (QED) is 0.651. The van der Waals surface area contributed by atoms with Gasteiger partial charge in [-0.15, -0.1) is 24.8 Å². The van der Waals surface area contributed by atoms with Gasteiger partial charge < -0.3 is 16.0 Å². The molecule has 0 radical (unpaired) electrons. The second kappa shape index (κ2) is 12.4. The normalized spacial score (nSPS) is 9.62. The van der Waals surface area contributed by atoms with Crippen molar-refractivity contribution in [2.45, 2.75) is 26.7 Å². The summed E-state index contributed by atoms with van der Waals surface area (Å²) >= 11 is 0. The van der Waals surface area contributed by atoms with Gasteiger partial charge in [0.25, 0.3) is 5.91 Å². The number of halogens is 2. The number of hydrogen-bond acceptors (Lipinski definition) is 3. The Hall–Kier alpha value is -1.91. The van der Waals surface area contributed by atoms with Crippen LogP contribution >= 0.6 is 24.8 Å². The first-order chi connectivity index (χ1) is 11.6.